The van der Waals surface area contributed by atoms with Crippen LogP contribution < -0.4 is 9.80 Å². The SMILES string of the molecule is CN(Cc1ccccc1)c1cccc2cccc(N([13CH3])Cc3ccccc3)c12. The van der Waals surface area contributed by atoms with Crippen LogP contribution in [0.2, 0.25) is 0 Å². The normalized spacial score (nSPS) is 10.8. The first-order valence-electron chi connectivity index (χ1n) is 9.74. The average molecular weight is 368 g/mol. The van der Waals surface area contributed by atoms with E-state index < -0.39 is 0 Å². The smallest absolute Gasteiger partial charge is 0.0467 e. The van der Waals surface area contributed by atoms with Gasteiger partial charge in [-0.15, -0.1) is 0 Å². The molecule has 0 spiro atoms. The van der Waals surface area contributed by atoms with E-state index in [1.807, 2.05) is 0 Å². The minimum atomic E-state index is 0.886. The van der Waals surface area contributed by atoms with Crippen LogP contribution in [0, 0.1) is 0 Å². The van der Waals surface area contributed by atoms with Crippen molar-refractivity contribution in [1.82, 2.24) is 0 Å². The second-order valence-electron chi connectivity index (χ2n) is 7.34. The number of hydrogen-bond acceptors (Lipinski definition) is 2. The predicted octanol–water partition coefficient (Wildman–Crippen LogP) is 6.11. The molecular formula is C26H26N2. The Morgan fingerprint density at radius 3 is 1.36 bits per heavy atom. The zero-order chi connectivity index (χ0) is 19.3. The molecule has 0 aliphatic rings. The number of benzene rings is 4. The second kappa shape index (κ2) is 8.18. The van der Waals surface area contributed by atoms with Gasteiger partial charge >= 0.3 is 0 Å². The van der Waals surface area contributed by atoms with Crippen molar-refractivity contribution in [2.45, 2.75) is 13.1 Å². The van der Waals surface area contributed by atoms with Crippen molar-refractivity contribution in [3.63, 3.8) is 0 Å². The lowest BCUT2D eigenvalue weighted by atomic mass is 10.0. The van der Waals surface area contributed by atoms with Gasteiger partial charge in [0.15, 0.2) is 0 Å². The van der Waals surface area contributed by atoms with Crippen LogP contribution >= 0.6 is 0 Å². The van der Waals surface area contributed by atoms with Crippen molar-refractivity contribution in [1.29, 1.82) is 0 Å². The third-order valence-corrected chi connectivity index (χ3v) is 5.21. The molecule has 0 saturated carbocycles. The highest BCUT2D eigenvalue weighted by Crippen LogP contribution is 2.35. The lowest BCUT2D eigenvalue weighted by molar-refractivity contribution is 0.917. The predicted molar refractivity (Wildman–Crippen MR) is 121 cm³/mol. The Morgan fingerprint density at radius 1 is 0.500 bits per heavy atom. The van der Waals surface area contributed by atoms with Gasteiger partial charge in [0.25, 0.3) is 0 Å². The quantitative estimate of drug-likeness (QED) is 0.379. The van der Waals surface area contributed by atoms with Crippen LogP contribution in [0.3, 0.4) is 0 Å². The van der Waals surface area contributed by atoms with Gasteiger partial charge in [-0.3, -0.25) is 0 Å². The van der Waals surface area contributed by atoms with Crippen LogP contribution in [-0.2, 0) is 13.1 Å². The first kappa shape index (κ1) is 18.1. The van der Waals surface area contributed by atoms with Gasteiger partial charge < -0.3 is 9.80 Å². The van der Waals surface area contributed by atoms with Crippen LogP contribution in [0.25, 0.3) is 10.8 Å². The molecule has 0 atom stereocenters. The van der Waals surface area contributed by atoms with Gasteiger partial charge in [-0.1, -0.05) is 84.9 Å². The van der Waals surface area contributed by atoms with Crippen LogP contribution in [0.4, 0.5) is 11.4 Å². The summed E-state index contributed by atoms with van der Waals surface area (Å²) in [5, 5.41) is 2.58. The zero-order valence-electron chi connectivity index (χ0n) is 16.5. The first-order chi connectivity index (χ1) is 13.7. The molecule has 0 radical (unpaired) electrons. The van der Waals surface area contributed by atoms with E-state index in [4.69, 9.17) is 0 Å². The topological polar surface area (TPSA) is 6.48 Å². The molecule has 28 heavy (non-hydrogen) atoms. The summed E-state index contributed by atoms with van der Waals surface area (Å²) in [7, 11) is 4.35. The van der Waals surface area contributed by atoms with Gasteiger partial charge in [0.1, 0.15) is 0 Å². The molecule has 0 aromatic heterocycles. The molecule has 2 heteroatoms. The summed E-state index contributed by atoms with van der Waals surface area (Å²) in [5.74, 6) is 0. The van der Waals surface area contributed by atoms with E-state index in [0.29, 0.717) is 0 Å². The minimum Gasteiger partial charge on any atom is -0.370 e. The molecule has 2 nitrogen and oxygen atoms in total. The Labute approximate surface area is 167 Å². The fraction of sp³-hybridized carbons (Fsp3) is 0.154. The Kier molecular flexibility index (Phi) is 5.29. The molecule has 0 amide bonds. The minimum absolute atomic E-state index is 0.886. The van der Waals surface area contributed by atoms with E-state index in [9.17, 15) is 0 Å². The van der Waals surface area contributed by atoms with Crippen LogP contribution in [0.5, 0.6) is 0 Å². The molecule has 0 bridgehead atoms. The van der Waals surface area contributed by atoms with Crippen molar-refractivity contribution in [2.75, 3.05) is 23.9 Å². The maximum Gasteiger partial charge on any atom is 0.0467 e. The second-order valence-corrected chi connectivity index (χ2v) is 7.34. The Hall–Kier alpha value is -3.26. The monoisotopic (exact) mass is 367 g/mol. The molecule has 0 aliphatic heterocycles. The van der Waals surface area contributed by atoms with Crippen LogP contribution in [0.15, 0.2) is 97.1 Å². The number of fused-ring (bicyclic) bond motifs is 1. The van der Waals surface area contributed by atoms with Crippen molar-refractivity contribution in [3.8, 4) is 0 Å². The third kappa shape index (κ3) is 3.86. The molecule has 140 valence electrons. The van der Waals surface area contributed by atoms with Gasteiger partial charge in [-0.2, -0.15) is 0 Å². The summed E-state index contributed by atoms with van der Waals surface area (Å²) < 4.78 is 0. The van der Waals surface area contributed by atoms with Gasteiger partial charge in [0.2, 0.25) is 0 Å². The van der Waals surface area contributed by atoms with Crippen molar-refractivity contribution < 1.29 is 0 Å². The van der Waals surface area contributed by atoms with Gasteiger partial charge in [0, 0.05) is 43.9 Å². The van der Waals surface area contributed by atoms with E-state index in [1.54, 1.807) is 0 Å². The number of anilines is 2. The van der Waals surface area contributed by atoms with E-state index in [0.717, 1.165) is 13.1 Å². The zero-order valence-corrected chi connectivity index (χ0v) is 16.5. The van der Waals surface area contributed by atoms with Crippen molar-refractivity contribution in [2.24, 2.45) is 0 Å². The molecule has 0 saturated heterocycles. The first-order valence-corrected chi connectivity index (χ1v) is 9.74. The average Bonchev–Trinajstić information content (AvgIpc) is 2.74. The molecule has 4 aromatic carbocycles. The summed E-state index contributed by atoms with van der Waals surface area (Å²) in [4.78, 5) is 4.69. The third-order valence-electron chi connectivity index (χ3n) is 5.21. The largest absolute Gasteiger partial charge is 0.370 e. The Bertz CT molecular complexity index is 959. The fourth-order valence-corrected chi connectivity index (χ4v) is 3.82. The van der Waals surface area contributed by atoms with Crippen molar-refractivity contribution >= 4 is 22.1 Å². The van der Waals surface area contributed by atoms with E-state index in [1.165, 1.54) is 33.3 Å². The van der Waals surface area contributed by atoms with Gasteiger partial charge in [-0.25, -0.2) is 0 Å². The lowest BCUT2D eigenvalue weighted by Crippen LogP contribution is -2.19. The molecule has 0 N–H and O–H groups in total. The Morgan fingerprint density at radius 2 is 0.929 bits per heavy atom. The lowest BCUT2D eigenvalue weighted by Gasteiger charge is -2.26. The maximum atomic E-state index is 2.34. The van der Waals surface area contributed by atoms with Gasteiger partial charge in [-0.05, 0) is 28.6 Å². The number of nitrogens with zero attached hydrogens (tertiary/aromatic N) is 2. The molecule has 0 heterocycles. The van der Waals surface area contributed by atoms with Gasteiger partial charge in [0.05, 0.1) is 0 Å². The molecular weight excluding hydrogens is 341 g/mol. The van der Waals surface area contributed by atoms with Crippen LogP contribution in [-0.4, -0.2) is 14.1 Å². The number of hydrogen-bond donors (Lipinski definition) is 0. The van der Waals surface area contributed by atoms with Crippen LogP contribution in [0.1, 0.15) is 11.1 Å². The molecule has 4 aromatic rings. The van der Waals surface area contributed by atoms with E-state index >= 15 is 0 Å². The standard InChI is InChI=1S/C26H26N2/c1-27(19-21-11-5-3-6-12-21)24-17-9-15-23-16-10-18-25(26(23)24)28(2)20-22-13-7-4-8-14-22/h3-18H,19-20H2,1-2H3/i1+1. The summed E-state index contributed by atoms with van der Waals surface area (Å²) in [5.41, 5.74) is 5.16. The maximum absolute atomic E-state index is 2.34. The molecule has 4 rings (SSSR count). The summed E-state index contributed by atoms with van der Waals surface area (Å²) in [6.45, 7) is 1.77. The highest BCUT2D eigenvalue weighted by molar-refractivity contribution is 6.03. The van der Waals surface area contributed by atoms with E-state index in [2.05, 4.69) is 121 Å². The van der Waals surface area contributed by atoms with Crippen molar-refractivity contribution in [3.05, 3.63) is 108 Å². The fourth-order valence-electron chi connectivity index (χ4n) is 3.82. The highest BCUT2D eigenvalue weighted by atomic mass is 15.2. The van der Waals surface area contributed by atoms with E-state index in [-0.39, 0.29) is 0 Å². The highest BCUT2D eigenvalue weighted by Gasteiger charge is 2.13. The Balaban J connectivity index is 1.71. The molecule has 0 unspecified atom stereocenters. The summed E-state index contributed by atoms with van der Waals surface area (Å²) in [6.07, 6.45) is 0. The molecule has 0 fully saturated rings. The molecule has 0 aliphatic carbocycles. The summed E-state index contributed by atoms with van der Waals surface area (Å²) in [6, 6.07) is 34.5. The number of rotatable bonds is 6. The summed E-state index contributed by atoms with van der Waals surface area (Å²) >= 11 is 0.